The van der Waals surface area contributed by atoms with Crippen LogP contribution >= 0.6 is 0 Å². The van der Waals surface area contributed by atoms with Crippen LogP contribution in [0, 0.1) is 0 Å². The zero-order valence-electron chi connectivity index (χ0n) is 16.5. The molecule has 6 heteroatoms. The number of hydrogen-bond acceptors (Lipinski definition) is 3. The highest BCUT2D eigenvalue weighted by atomic mass is 16.2. The second-order valence-corrected chi connectivity index (χ2v) is 7.60. The smallest absolute Gasteiger partial charge is 0.240 e. The van der Waals surface area contributed by atoms with Crippen LogP contribution in [0.2, 0.25) is 0 Å². The molecular weight excluding hydrogens is 326 g/mol. The van der Waals surface area contributed by atoms with Crippen LogP contribution in [0.4, 0.5) is 5.69 Å². The molecule has 0 spiro atoms. The average Bonchev–Trinajstić information content (AvgIpc) is 3.08. The molecule has 1 aliphatic rings. The van der Waals surface area contributed by atoms with Crippen LogP contribution in [0.5, 0.6) is 0 Å². The Labute approximate surface area is 157 Å². The molecule has 0 fully saturated rings. The zero-order chi connectivity index (χ0) is 19.2. The number of likely N-dealkylation sites (N-methyl/N-ethyl adjacent to an activating group) is 1. The highest BCUT2D eigenvalue weighted by Gasteiger charge is 2.16. The maximum atomic E-state index is 12.1. The summed E-state index contributed by atoms with van der Waals surface area (Å²) < 4.78 is 0. The summed E-state index contributed by atoms with van der Waals surface area (Å²) in [5, 5.41) is 6.28. The van der Waals surface area contributed by atoms with Gasteiger partial charge in [-0.1, -0.05) is 24.3 Å². The van der Waals surface area contributed by atoms with Gasteiger partial charge in [0.05, 0.1) is 6.54 Å². The van der Waals surface area contributed by atoms with Crippen LogP contribution in [0.15, 0.2) is 41.4 Å². The normalized spacial score (nSPS) is 14.5. The van der Waals surface area contributed by atoms with E-state index in [9.17, 15) is 4.79 Å². The number of hydrogen-bond donors (Lipinski definition) is 2. The van der Waals surface area contributed by atoms with Crippen molar-refractivity contribution in [2.24, 2.45) is 4.99 Å². The van der Waals surface area contributed by atoms with E-state index in [1.54, 1.807) is 7.05 Å². The molecule has 26 heavy (non-hydrogen) atoms. The Kier molecular flexibility index (Phi) is 6.66. The van der Waals surface area contributed by atoms with Crippen LogP contribution in [0.25, 0.3) is 0 Å². The average molecular weight is 358 g/mol. The summed E-state index contributed by atoms with van der Waals surface area (Å²) in [7, 11) is 3.59. The van der Waals surface area contributed by atoms with E-state index in [4.69, 9.17) is 0 Å². The van der Waals surface area contributed by atoms with Gasteiger partial charge in [-0.25, -0.2) is 0 Å². The fourth-order valence-electron chi connectivity index (χ4n) is 2.83. The Balaban J connectivity index is 1.85. The lowest BCUT2D eigenvalue weighted by molar-refractivity contribution is -0.122. The van der Waals surface area contributed by atoms with E-state index >= 15 is 0 Å². The van der Waals surface area contributed by atoms with Gasteiger partial charge in [0.1, 0.15) is 0 Å². The maximum absolute atomic E-state index is 12.1. The molecule has 0 aliphatic carbocycles. The number of aliphatic imine (C=N–C) groups is 1. The van der Waals surface area contributed by atoms with E-state index in [0.717, 1.165) is 13.1 Å². The number of rotatable bonds is 5. The first-order valence-electron chi connectivity index (χ1n) is 9.00. The lowest BCUT2D eigenvalue weighted by Crippen LogP contribution is -2.48. The predicted octanol–water partition coefficient (Wildman–Crippen LogP) is 1.98. The van der Waals surface area contributed by atoms with E-state index in [1.807, 2.05) is 32.7 Å². The molecule has 1 aliphatic heterocycles. The highest BCUT2D eigenvalue weighted by molar-refractivity contribution is 5.86. The van der Waals surface area contributed by atoms with Crippen molar-refractivity contribution in [3.05, 3.63) is 42.0 Å². The van der Waals surface area contributed by atoms with Crippen LogP contribution in [0.3, 0.4) is 0 Å². The number of nitrogens with one attached hydrogen (secondary N) is 2. The SMILES string of the molecule is CN=C(NCc1ccc(N2CC=CC2)cc1)N(C)CC(=O)NC(C)(C)C. The summed E-state index contributed by atoms with van der Waals surface area (Å²) in [6.07, 6.45) is 4.37. The molecule has 6 nitrogen and oxygen atoms in total. The van der Waals surface area contributed by atoms with Gasteiger partial charge < -0.3 is 20.4 Å². The molecule has 2 rings (SSSR count). The lowest BCUT2D eigenvalue weighted by atomic mass is 10.1. The fraction of sp³-hybridized carbons (Fsp3) is 0.500. The second kappa shape index (κ2) is 8.74. The molecule has 2 N–H and O–H groups in total. The number of carbonyl (C=O) groups is 1. The van der Waals surface area contributed by atoms with E-state index in [1.165, 1.54) is 11.3 Å². The minimum Gasteiger partial charge on any atom is -0.364 e. The van der Waals surface area contributed by atoms with Crippen LogP contribution in [-0.4, -0.2) is 56.0 Å². The number of amides is 1. The topological polar surface area (TPSA) is 60.0 Å². The number of anilines is 1. The molecule has 0 aromatic heterocycles. The minimum atomic E-state index is -0.235. The molecule has 0 saturated carbocycles. The van der Waals surface area contributed by atoms with E-state index in [0.29, 0.717) is 12.5 Å². The first kappa shape index (κ1) is 19.8. The molecule has 142 valence electrons. The quantitative estimate of drug-likeness (QED) is 0.481. The van der Waals surface area contributed by atoms with E-state index in [-0.39, 0.29) is 18.0 Å². The second-order valence-electron chi connectivity index (χ2n) is 7.60. The van der Waals surface area contributed by atoms with E-state index in [2.05, 4.69) is 56.9 Å². The van der Waals surface area contributed by atoms with Gasteiger partial charge in [-0.3, -0.25) is 9.79 Å². The summed E-state index contributed by atoms with van der Waals surface area (Å²) in [6.45, 7) is 8.80. The summed E-state index contributed by atoms with van der Waals surface area (Å²) >= 11 is 0. The summed E-state index contributed by atoms with van der Waals surface area (Å²) in [6, 6.07) is 8.54. The van der Waals surface area contributed by atoms with Crippen molar-refractivity contribution < 1.29 is 4.79 Å². The van der Waals surface area contributed by atoms with Gasteiger partial charge in [0.2, 0.25) is 5.91 Å². The minimum absolute atomic E-state index is 0.0217. The molecule has 1 heterocycles. The van der Waals surface area contributed by atoms with E-state index < -0.39 is 0 Å². The standard InChI is InChI=1S/C20H31N5O/c1-20(2,3)23-18(26)15-24(5)19(21-4)22-14-16-8-10-17(11-9-16)25-12-6-7-13-25/h6-11H,12-15H2,1-5H3,(H,21,22)(H,23,26). The molecule has 1 aromatic carbocycles. The van der Waals surface area contributed by atoms with Crippen molar-refractivity contribution in [3.8, 4) is 0 Å². The zero-order valence-corrected chi connectivity index (χ0v) is 16.5. The van der Waals surface area contributed by atoms with Gasteiger partial charge in [-0.05, 0) is 38.5 Å². The monoisotopic (exact) mass is 357 g/mol. The Morgan fingerprint density at radius 3 is 2.35 bits per heavy atom. The van der Waals surface area contributed by atoms with Crippen molar-refractivity contribution in [2.45, 2.75) is 32.9 Å². The highest BCUT2D eigenvalue weighted by Crippen LogP contribution is 2.17. The Morgan fingerprint density at radius 1 is 1.19 bits per heavy atom. The van der Waals surface area contributed by atoms with Gasteiger partial charge >= 0.3 is 0 Å². The summed E-state index contributed by atoms with van der Waals surface area (Å²) in [4.78, 5) is 20.5. The Morgan fingerprint density at radius 2 is 1.81 bits per heavy atom. The third kappa shape index (κ3) is 6.10. The summed E-state index contributed by atoms with van der Waals surface area (Å²) in [5.74, 6) is 0.674. The maximum Gasteiger partial charge on any atom is 0.240 e. The number of guanidine groups is 1. The third-order valence-electron chi connectivity index (χ3n) is 4.04. The number of benzene rings is 1. The Hall–Kier alpha value is -2.50. The van der Waals surface area contributed by atoms with Gasteiger partial charge in [-0.15, -0.1) is 0 Å². The molecular formula is C20H31N5O. The molecule has 0 bridgehead atoms. The number of nitrogens with zero attached hydrogens (tertiary/aromatic N) is 3. The molecule has 1 amide bonds. The van der Waals surface area contributed by atoms with Crippen molar-refractivity contribution in [1.82, 2.24) is 15.5 Å². The first-order chi connectivity index (χ1) is 12.3. The summed E-state index contributed by atoms with van der Waals surface area (Å²) in [5.41, 5.74) is 2.18. The predicted molar refractivity (Wildman–Crippen MR) is 109 cm³/mol. The van der Waals surface area contributed by atoms with Gasteiger partial charge in [0.15, 0.2) is 5.96 Å². The first-order valence-corrected chi connectivity index (χ1v) is 9.00. The van der Waals surface area contributed by atoms with Crippen molar-refractivity contribution in [1.29, 1.82) is 0 Å². The Bertz CT molecular complexity index is 650. The molecule has 1 aromatic rings. The molecule has 0 unspecified atom stereocenters. The van der Waals surface area contributed by atoms with Gasteiger partial charge in [-0.2, -0.15) is 0 Å². The van der Waals surface area contributed by atoms with Gasteiger partial charge in [0.25, 0.3) is 0 Å². The van der Waals surface area contributed by atoms with Crippen molar-refractivity contribution >= 4 is 17.6 Å². The third-order valence-corrected chi connectivity index (χ3v) is 4.04. The van der Waals surface area contributed by atoms with Gasteiger partial charge in [0, 0.05) is 45.0 Å². The van der Waals surface area contributed by atoms with Crippen molar-refractivity contribution in [3.63, 3.8) is 0 Å². The fourth-order valence-corrected chi connectivity index (χ4v) is 2.83. The molecule has 0 radical (unpaired) electrons. The molecule has 0 atom stereocenters. The van der Waals surface area contributed by atoms with Crippen LogP contribution < -0.4 is 15.5 Å². The van der Waals surface area contributed by atoms with Crippen LogP contribution in [0.1, 0.15) is 26.3 Å². The molecule has 0 saturated heterocycles. The lowest BCUT2D eigenvalue weighted by Gasteiger charge is -2.25. The van der Waals surface area contributed by atoms with Crippen LogP contribution in [-0.2, 0) is 11.3 Å². The largest absolute Gasteiger partial charge is 0.364 e. The number of carbonyl (C=O) groups excluding carboxylic acids is 1. The van der Waals surface area contributed by atoms with Crippen molar-refractivity contribution in [2.75, 3.05) is 38.6 Å².